The van der Waals surface area contributed by atoms with E-state index in [0.717, 1.165) is 29.8 Å². The second kappa shape index (κ2) is 8.79. The average molecular weight is 420 g/mol. The molecule has 160 valence electrons. The van der Waals surface area contributed by atoms with E-state index in [9.17, 15) is 14.0 Å². The van der Waals surface area contributed by atoms with Gasteiger partial charge in [0.2, 0.25) is 0 Å². The molecule has 0 N–H and O–H groups in total. The SMILES string of the molecule is Cc1cc(Cc2ccccc2F)cc(C2CCCN(C(=O)c3ccc(=O)n(C)n3)C2)n1. The van der Waals surface area contributed by atoms with Gasteiger partial charge in [-0.3, -0.25) is 14.6 Å². The summed E-state index contributed by atoms with van der Waals surface area (Å²) in [7, 11) is 1.53. The number of carbonyl (C=O) groups is 1. The Balaban J connectivity index is 1.54. The Hall–Kier alpha value is -3.35. The van der Waals surface area contributed by atoms with Crippen LogP contribution >= 0.6 is 0 Å². The smallest absolute Gasteiger partial charge is 0.274 e. The first-order valence-corrected chi connectivity index (χ1v) is 10.4. The minimum Gasteiger partial charge on any atom is -0.337 e. The zero-order valence-corrected chi connectivity index (χ0v) is 17.7. The van der Waals surface area contributed by atoms with Crippen molar-refractivity contribution in [1.82, 2.24) is 19.7 Å². The van der Waals surface area contributed by atoms with E-state index in [1.54, 1.807) is 17.0 Å². The van der Waals surface area contributed by atoms with Crippen molar-refractivity contribution in [3.8, 4) is 0 Å². The molecule has 0 bridgehead atoms. The zero-order chi connectivity index (χ0) is 22.0. The van der Waals surface area contributed by atoms with E-state index in [4.69, 9.17) is 4.98 Å². The molecular formula is C24H25FN4O2. The van der Waals surface area contributed by atoms with Crippen LogP contribution in [0, 0.1) is 12.7 Å². The quantitative estimate of drug-likeness (QED) is 0.650. The highest BCUT2D eigenvalue weighted by molar-refractivity contribution is 5.92. The molecule has 3 aromatic rings. The van der Waals surface area contributed by atoms with Crippen molar-refractivity contribution in [3.63, 3.8) is 0 Å². The van der Waals surface area contributed by atoms with Gasteiger partial charge in [-0.05, 0) is 55.2 Å². The normalized spacial score (nSPS) is 16.4. The maximum atomic E-state index is 14.1. The van der Waals surface area contributed by atoms with Crippen LogP contribution in [0.25, 0.3) is 0 Å². The number of piperidine rings is 1. The first-order valence-electron chi connectivity index (χ1n) is 10.4. The standard InChI is InChI=1S/C24H25FN4O2/c1-16-12-17(13-18-6-3-4-8-20(18)25)14-22(26-16)19-7-5-11-29(15-19)24(31)21-9-10-23(30)28(2)27-21/h3-4,6,8-10,12,14,19H,5,7,11,13,15H2,1-2H3. The highest BCUT2D eigenvalue weighted by Gasteiger charge is 2.27. The summed E-state index contributed by atoms with van der Waals surface area (Å²) in [4.78, 5) is 31.0. The van der Waals surface area contributed by atoms with Crippen LogP contribution in [0.2, 0.25) is 0 Å². The molecule has 0 saturated carbocycles. The maximum absolute atomic E-state index is 14.1. The van der Waals surface area contributed by atoms with Crippen molar-refractivity contribution in [1.29, 1.82) is 0 Å². The first-order chi connectivity index (χ1) is 14.9. The summed E-state index contributed by atoms with van der Waals surface area (Å²) < 4.78 is 15.3. The molecule has 7 heteroatoms. The molecule has 0 spiro atoms. The molecule has 4 rings (SSSR count). The lowest BCUT2D eigenvalue weighted by molar-refractivity contribution is 0.0697. The van der Waals surface area contributed by atoms with E-state index >= 15 is 0 Å². The average Bonchev–Trinajstić information content (AvgIpc) is 2.76. The zero-order valence-electron chi connectivity index (χ0n) is 17.7. The predicted octanol–water partition coefficient (Wildman–Crippen LogP) is 3.23. The number of aromatic nitrogens is 3. The van der Waals surface area contributed by atoms with Crippen molar-refractivity contribution in [2.24, 2.45) is 7.05 Å². The largest absolute Gasteiger partial charge is 0.337 e. The van der Waals surface area contributed by atoms with E-state index in [1.807, 2.05) is 25.1 Å². The van der Waals surface area contributed by atoms with E-state index in [2.05, 4.69) is 5.10 Å². The molecule has 0 aliphatic carbocycles. The fourth-order valence-corrected chi connectivity index (χ4v) is 4.12. The fraction of sp³-hybridized carbons (Fsp3) is 0.333. The van der Waals surface area contributed by atoms with Gasteiger partial charge in [0, 0.05) is 49.9 Å². The lowest BCUT2D eigenvalue weighted by Crippen LogP contribution is -2.40. The Morgan fingerprint density at radius 1 is 1.19 bits per heavy atom. The van der Waals surface area contributed by atoms with Crippen molar-refractivity contribution in [2.45, 2.75) is 32.1 Å². The summed E-state index contributed by atoms with van der Waals surface area (Å²) in [6.45, 7) is 3.13. The van der Waals surface area contributed by atoms with Crippen LogP contribution in [-0.2, 0) is 13.5 Å². The number of nitrogens with zero attached hydrogens (tertiary/aromatic N) is 4. The number of hydrogen-bond acceptors (Lipinski definition) is 4. The Labute approximate surface area is 180 Å². The number of hydrogen-bond donors (Lipinski definition) is 0. The minimum atomic E-state index is -0.251. The van der Waals surface area contributed by atoms with Crippen LogP contribution in [0.4, 0.5) is 4.39 Å². The molecule has 1 fully saturated rings. The van der Waals surface area contributed by atoms with E-state index in [0.29, 0.717) is 25.1 Å². The number of amides is 1. The molecule has 1 unspecified atom stereocenters. The monoisotopic (exact) mass is 420 g/mol. The van der Waals surface area contributed by atoms with Gasteiger partial charge in [-0.25, -0.2) is 9.07 Å². The Morgan fingerprint density at radius 2 is 2.00 bits per heavy atom. The van der Waals surface area contributed by atoms with E-state index in [-0.39, 0.29) is 28.9 Å². The van der Waals surface area contributed by atoms with Crippen molar-refractivity contribution >= 4 is 5.91 Å². The number of carbonyl (C=O) groups excluding carboxylic acids is 1. The number of pyridine rings is 1. The topological polar surface area (TPSA) is 68.1 Å². The molecule has 31 heavy (non-hydrogen) atoms. The van der Waals surface area contributed by atoms with Crippen LogP contribution in [-0.4, -0.2) is 38.7 Å². The molecule has 1 amide bonds. The third-order valence-electron chi connectivity index (χ3n) is 5.69. The van der Waals surface area contributed by atoms with E-state index < -0.39 is 0 Å². The summed E-state index contributed by atoms with van der Waals surface area (Å²) in [5, 5.41) is 4.09. The highest BCUT2D eigenvalue weighted by Crippen LogP contribution is 2.28. The van der Waals surface area contributed by atoms with Crippen molar-refractivity contribution < 1.29 is 9.18 Å². The lowest BCUT2D eigenvalue weighted by Gasteiger charge is -2.32. The van der Waals surface area contributed by atoms with Gasteiger partial charge in [0.1, 0.15) is 11.5 Å². The Bertz CT molecular complexity index is 1170. The van der Waals surface area contributed by atoms with Crippen LogP contribution in [0.5, 0.6) is 0 Å². The van der Waals surface area contributed by atoms with Gasteiger partial charge in [0.25, 0.3) is 11.5 Å². The van der Waals surface area contributed by atoms with Gasteiger partial charge in [-0.15, -0.1) is 0 Å². The summed E-state index contributed by atoms with van der Waals surface area (Å²) in [6, 6.07) is 13.7. The molecule has 1 saturated heterocycles. The summed E-state index contributed by atoms with van der Waals surface area (Å²) >= 11 is 0. The van der Waals surface area contributed by atoms with Gasteiger partial charge in [-0.1, -0.05) is 18.2 Å². The number of benzene rings is 1. The molecule has 2 aromatic heterocycles. The minimum absolute atomic E-state index is 0.101. The van der Waals surface area contributed by atoms with Gasteiger partial charge < -0.3 is 4.90 Å². The molecule has 1 aliphatic rings. The molecule has 6 nitrogen and oxygen atoms in total. The third-order valence-corrected chi connectivity index (χ3v) is 5.69. The summed E-state index contributed by atoms with van der Waals surface area (Å²) in [5.41, 5.74) is 3.49. The second-order valence-corrected chi connectivity index (χ2v) is 8.08. The number of halogens is 1. The third kappa shape index (κ3) is 4.71. The van der Waals surface area contributed by atoms with Gasteiger partial charge in [-0.2, -0.15) is 5.10 Å². The van der Waals surface area contributed by atoms with Crippen LogP contribution in [0.3, 0.4) is 0 Å². The summed E-state index contributed by atoms with van der Waals surface area (Å²) in [5.74, 6) is -0.290. The van der Waals surface area contributed by atoms with Crippen molar-refractivity contribution in [3.05, 3.63) is 92.9 Å². The predicted molar refractivity (Wildman–Crippen MR) is 116 cm³/mol. The van der Waals surface area contributed by atoms with E-state index in [1.165, 1.54) is 29.9 Å². The van der Waals surface area contributed by atoms with Gasteiger partial charge in [0.05, 0.1) is 0 Å². The highest BCUT2D eigenvalue weighted by atomic mass is 19.1. The molecule has 1 aliphatic heterocycles. The second-order valence-electron chi connectivity index (χ2n) is 8.08. The molecule has 1 aromatic carbocycles. The molecule has 1 atom stereocenters. The number of likely N-dealkylation sites (tertiary alicyclic amines) is 1. The first kappa shape index (κ1) is 20.9. The van der Waals surface area contributed by atoms with Gasteiger partial charge >= 0.3 is 0 Å². The fourth-order valence-electron chi connectivity index (χ4n) is 4.12. The Morgan fingerprint density at radius 3 is 2.77 bits per heavy atom. The van der Waals surface area contributed by atoms with Crippen LogP contribution < -0.4 is 5.56 Å². The molecule has 0 radical (unpaired) electrons. The van der Waals surface area contributed by atoms with Crippen molar-refractivity contribution in [2.75, 3.05) is 13.1 Å². The maximum Gasteiger partial charge on any atom is 0.274 e. The number of aryl methyl sites for hydroxylation is 2. The molecular weight excluding hydrogens is 395 g/mol. The van der Waals surface area contributed by atoms with Crippen LogP contribution in [0.1, 0.15) is 51.8 Å². The Kier molecular flexibility index (Phi) is 5.93. The number of rotatable bonds is 4. The van der Waals surface area contributed by atoms with Crippen LogP contribution in [0.15, 0.2) is 53.3 Å². The van der Waals surface area contributed by atoms with Gasteiger partial charge in [0.15, 0.2) is 0 Å². The summed E-state index contributed by atoms with van der Waals surface area (Å²) in [6.07, 6.45) is 2.29. The molecule has 3 heterocycles. The lowest BCUT2D eigenvalue weighted by atomic mass is 9.92.